The van der Waals surface area contributed by atoms with Gasteiger partial charge in [-0.05, 0) is 11.8 Å². The molecule has 2 saturated carbocycles. The smallest absolute Gasteiger partial charge is 0.327 e. The van der Waals surface area contributed by atoms with E-state index >= 15 is 0 Å². The number of carboxylic acids is 2. The summed E-state index contributed by atoms with van der Waals surface area (Å²) in [5.41, 5.74) is 0. The average molecular weight is 423 g/mol. The van der Waals surface area contributed by atoms with E-state index in [1.807, 2.05) is 0 Å². The summed E-state index contributed by atoms with van der Waals surface area (Å²) in [7, 11) is 0. The van der Waals surface area contributed by atoms with Gasteiger partial charge in [-0.1, -0.05) is 129 Å². The molecule has 0 aliphatic heterocycles. The molecule has 0 aromatic carbocycles. The molecule has 2 aliphatic rings. The van der Waals surface area contributed by atoms with Gasteiger partial charge in [0, 0.05) is 12.2 Å². The maximum atomic E-state index is 9.25. The van der Waals surface area contributed by atoms with Crippen molar-refractivity contribution >= 4 is 11.9 Å². The van der Waals surface area contributed by atoms with Gasteiger partial charge in [0.15, 0.2) is 0 Å². The third-order valence-corrected chi connectivity index (χ3v) is 6.32. The first-order valence-electron chi connectivity index (χ1n) is 12.2. The van der Waals surface area contributed by atoms with Crippen LogP contribution in [0.25, 0.3) is 0 Å². The van der Waals surface area contributed by atoms with Crippen molar-refractivity contribution in [2.45, 2.75) is 116 Å². The van der Waals surface area contributed by atoms with E-state index in [2.05, 4.69) is 13.2 Å². The Hall–Kier alpha value is -1.58. The van der Waals surface area contributed by atoms with Gasteiger partial charge in [0.2, 0.25) is 0 Å². The molecule has 0 saturated heterocycles. The SMILES string of the molecule is C1CCCCC(C2CCCCCCCCC2)CCCC1.C=CC(=O)O.C=CC(=O)O. The van der Waals surface area contributed by atoms with E-state index in [1.54, 1.807) is 25.7 Å². The third kappa shape index (κ3) is 18.4. The van der Waals surface area contributed by atoms with Crippen LogP contribution in [0.15, 0.2) is 25.3 Å². The van der Waals surface area contributed by atoms with Gasteiger partial charge in [0.05, 0.1) is 0 Å². The zero-order valence-corrected chi connectivity index (χ0v) is 19.2. The van der Waals surface area contributed by atoms with Crippen LogP contribution < -0.4 is 0 Å². The number of rotatable bonds is 3. The summed E-state index contributed by atoms with van der Waals surface area (Å²) in [6, 6.07) is 0. The fourth-order valence-corrected chi connectivity index (χ4v) is 4.63. The molecule has 0 unspecified atom stereocenters. The first-order chi connectivity index (χ1) is 14.5. The number of aliphatic carboxylic acids is 2. The monoisotopic (exact) mass is 422 g/mol. The average Bonchev–Trinajstić information content (AvgIpc) is 2.76. The van der Waals surface area contributed by atoms with Crippen LogP contribution in [0.3, 0.4) is 0 Å². The van der Waals surface area contributed by atoms with Crippen molar-refractivity contribution in [3.05, 3.63) is 25.3 Å². The molecule has 0 amide bonds. The lowest BCUT2D eigenvalue weighted by Gasteiger charge is -2.29. The Morgan fingerprint density at radius 1 is 0.500 bits per heavy atom. The largest absolute Gasteiger partial charge is 0.478 e. The fourth-order valence-electron chi connectivity index (χ4n) is 4.63. The zero-order chi connectivity index (χ0) is 22.5. The van der Waals surface area contributed by atoms with Crippen molar-refractivity contribution in [1.29, 1.82) is 0 Å². The second kappa shape index (κ2) is 20.7. The highest BCUT2D eigenvalue weighted by Gasteiger charge is 2.21. The first-order valence-corrected chi connectivity index (χ1v) is 12.2. The number of carbonyl (C=O) groups is 2. The van der Waals surface area contributed by atoms with Crippen LogP contribution in [-0.4, -0.2) is 22.2 Å². The molecule has 0 radical (unpaired) electrons. The van der Waals surface area contributed by atoms with E-state index in [-0.39, 0.29) is 0 Å². The van der Waals surface area contributed by atoms with E-state index in [4.69, 9.17) is 10.2 Å². The maximum absolute atomic E-state index is 9.25. The zero-order valence-electron chi connectivity index (χ0n) is 19.2. The molecule has 4 heteroatoms. The second-order valence-electron chi connectivity index (χ2n) is 8.71. The van der Waals surface area contributed by atoms with Crippen LogP contribution in [-0.2, 0) is 9.59 Å². The third-order valence-electron chi connectivity index (χ3n) is 6.32. The van der Waals surface area contributed by atoms with Crippen LogP contribution in [0, 0.1) is 11.8 Å². The molecule has 0 heterocycles. The Morgan fingerprint density at radius 3 is 0.833 bits per heavy atom. The molecule has 0 atom stereocenters. The topological polar surface area (TPSA) is 74.6 Å². The van der Waals surface area contributed by atoms with Crippen molar-refractivity contribution in [2.75, 3.05) is 0 Å². The highest BCUT2D eigenvalue weighted by molar-refractivity contribution is 5.79. The quantitative estimate of drug-likeness (QED) is 0.455. The van der Waals surface area contributed by atoms with Crippen LogP contribution in [0.2, 0.25) is 0 Å². The summed E-state index contributed by atoms with van der Waals surface area (Å²) < 4.78 is 0. The van der Waals surface area contributed by atoms with Gasteiger partial charge < -0.3 is 10.2 Å². The molecule has 2 rings (SSSR count). The highest BCUT2D eigenvalue weighted by atomic mass is 16.4. The molecule has 0 spiro atoms. The summed E-state index contributed by atoms with van der Waals surface area (Å²) >= 11 is 0. The Balaban J connectivity index is 0.000000702. The van der Waals surface area contributed by atoms with E-state index in [9.17, 15) is 9.59 Å². The van der Waals surface area contributed by atoms with Crippen LogP contribution >= 0.6 is 0 Å². The first kappa shape index (κ1) is 28.4. The Labute approximate surface area is 184 Å². The summed E-state index contributed by atoms with van der Waals surface area (Å²) in [5.74, 6) is 0.218. The lowest BCUT2D eigenvalue weighted by Crippen LogP contribution is -2.16. The molecular formula is C26H46O4. The molecule has 2 N–H and O–H groups in total. The van der Waals surface area contributed by atoms with Crippen LogP contribution in [0.5, 0.6) is 0 Å². The van der Waals surface area contributed by atoms with E-state index in [1.165, 1.54) is 89.9 Å². The molecule has 2 fully saturated rings. The number of hydrogen-bond donors (Lipinski definition) is 2. The molecule has 30 heavy (non-hydrogen) atoms. The van der Waals surface area contributed by atoms with E-state index < -0.39 is 11.9 Å². The van der Waals surface area contributed by atoms with Crippen molar-refractivity contribution in [3.63, 3.8) is 0 Å². The molecule has 2 aliphatic carbocycles. The Kier molecular flexibility index (Phi) is 19.6. The second-order valence-corrected chi connectivity index (χ2v) is 8.71. The number of carboxylic acid groups (broad SMARTS) is 2. The van der Waals surface area contributed by atoms with Gasteiger partial charge >= 0.3 is 11.9 Å². The lowest BCUT2D eigenvalue weighted by molar-refractivity contribution is -0.132. The van der Waals surface area contributed by atoms with Crippen LogP contribution in [0.4, 0.5) is 0 Å². The molecule has 0 aromatic heterocycles. The molecule has 4 nitrogen and oxygen atoms in total. The summed E-state index contributed by atoms with van der Waals surface area (Å²) in [5, 5.41) is 15.2. The minimum atomic E-state index is -0.981. The van der Waals surface area contributed by atoms with Gasteiger partial charge in [-0.15, -0.1) is 0 Å². The maximum Gasteiger partial charge on any atom is 0.327 e. The summed E-state index contributed by atoms with van der Waals surface area (Å²) in [6.07, 6.45) is 29.2. The van der Waals surface area contributed by atoms with Gasteiger partial charge in [-0.25, -0.2) is 9.59 Å². The number of hydrogen-bond acceptors (Lipinski definition) is 2. The standard InChI is InChI=1S/C20H38.2C3H4O2/c1-3-7-11-15-19(16-12-8-4-1)20-17-13-9-5-2-6-10-14-18-20;2*1-2-3(4)5/h19-20H,1-18H2;2*2H,1H2,(H,4,5). The van der Waals surface area contributed by atoms with Gasteiger partial charge in [-0.2, -0.15) is 0 Å². The van der Waals surface area contributed by atoms with Crippen molar-refractivity contribution in [3.8, 4) is 0 Å². The Morgan fingerprint density at radius 2 is 0.667 bits per heavy atom. The van der Waals surface area contributed by atoms with Gasteiger partial charge in [0.25, 0.3) is 0 Å². The predicted octanol–water partition coefficient (Wildman–Crippen LogP) is 7.78. The normalized spacial score (nSPS) is 20.1. The summed E-state index contributed by atoms with van der Waals surface area (Å²) in [4.78, 5) is 18.5. The Bertz CT molecular complexity index is 396. The summed E-state index contributed by atoms with van der Waals surface area (Å²) in [6.45, 7) is 5.92. The van der Waals surface area contributed by atoms with E-state index in [0.29, 0.717) is 0 Å². The van der Waals surface area contributed by atoms with Gasteiger partial charge in [0.1, 0.15) is 0 Å². The lowest BCUT2D eigenvalue weighted by atomic mass is 9.77. The minimum absolute atomic E-state index is 0.833. The predicted molar refractivity (Wildman–Crippen MR) is 126 cm³/mol. The van der Waals surface area contributed by atoms with Crippen molar-refractivity contribution in [2.24, 2.45) is 11.8 Å². The molecule has 0 bridgehead atoms. The van der Waals surface area contributed by atoms with Crippen molar-refractivity contribution < 1.29 is 19.8 Å². The van der Waals surface area contributed by atoms with E-state index in [0.717, 1.165) is 24.0 Å². The molecule has 174 valence electrons. The highest BCUT2D eigenvalue weighted by Crippen LogP contribution is 2.34. The minimum Gasteiger partial charge on any atom is -0.478 e. The van der Waals surface area contributed by atoms with Crippen LogP contribution in [0.1, 0.15) is 116 Å². The van der Waals surface area contributed by atoms with Crippen molar-refractivity contribution in [1.82, 2.24) is 0 Å². The molecular weight excluding hydrogens is 376 g/mol. The molecule has 0 aromatic rings. The van der Waals surface area contributed by atoms with Gasteiger partial charge in [-0.3, -0.25) is 0 Å². The fraction of sp³-hybridized carbons (Fsp3) is 0.769.